The van der Waals surface area contributed by atoms with Crippen LogP contribution < -0.4 is 5.32 Å². The monoisotopic (exact) mass is 264 g/mol. The lowest BCUT2D eigenvalue weighted by molar-refractivity contribution is -0.135. The molecular weight excluding hydrogens is 236 g/mol. The Labute approximate surface area is 117 Å². The van der Waals surface area contributed by atoms with Crippen LogP contribution in [0.3, 0.4) is 0 Å². The number of amides is 1. The summed E-state index contributed by atoms with van der Waals surface area (Å²) in [7, 11) is 0. The topological polar surface area (TPSA) is 32.3 Å². The maximum atomic E-state index is 12.0. The highest BCUT2D eigenvalue weighted by Crippen LogP contribution is 2.44. The summed E-state index contributed by atoms with van der Waals surface area (Å²) in [5.74, 6) is 2.46. The minimum absolute atomic E-state index is 0.148. The normalized spacial score (nSPS) is 35.3. The van der Waals surface area contributed by atoms with Crippen molar-refractivity contribution in [3.8, 4) is 0 Å². The van der Waals surface area contributed by atoms with Crippen molar-refractivity contribution >= 4 is 5.91 Å². The molecule has 3 nitrogen and oxygen atoms in total. The van der Waals surface area contributed by atoms with E-state index >= 15 is 0 Å². The lowest BCUT2D eigenvalue weighted by Crippen LogP contribution is -2.49. The summed E-state index contributed by atoms with van der Waals surface area (Å²) in [6.45, 7) is 5.91. The number of likely N-dealkylation sites (tertiary alicyclic amines) is 1. The first kappa shape index (κ1) is 13.4. The van der Waals surface area contributed by atoms with Gasteiger partial charge in [0, 0.05) is 31.1 Å². The molecule has 108 valence electrons. The largest absolute Gasteiger partial charge is 0.342 e. The van der Waals surface area contributed by atoms with Crippen LogP contribution in [0.5, 0.6) is 0 Å². The number of nitrogens with one attached hydrogen (secondary N) is 1. The van der Waals surface area contributed by atoms with Crippen molar-refractivity contribution in [3.05, 3.63) is 0 Å². The van der Waals surface area contributed by atoms with E-state index in [0.29, 0.717) is 11.9 Å². The smallest absolute Gasteiger partial charge is 0.225 e. The highest BCUT2D eigenvalue weighted by atomic mass is 16.2. The van der Waals surface area contributed by atoms with Crippen LogP contribution in [0, 0.1) is 17.8 Å². The van der Waals surface area contributed by atoms with Gasteiger partial charge in [-0.2, -0.15) is 0 Å². The molecule has 1 N–H and O–H groups in total. The zero-order chi connectivity index (χ0) is 13.4. The standard InChI is InChI=1S/C16H28N2O/c1-11(2)16(19)18-7-5-14(6-8-18)17-15-10-12-3-4-13(15)9-12/h11-15,17H,3-10H2,1-2H3. The fourth-order valence-corrected chi connectivity index (χ4v) is 4.38. The molecule has 3 unspecified atom stereocenters. The van der Waals surface area contributed by atoms with Gasteiger partial charge >= 0.3 is 0 Å². The van der Waals surface area contributed by atoms with Crippen LogP contribution in [0.15, 0.2) is 0 Å². The van der Waals surface area contributed by atoms with Crippen molar-refractivity contribution in [2.45, 2.75) is 64.5 Å². The van der Waals surface area contributed by atoms with Crippen LogP contribution in [-0.2, 0) is 4.79 Å². The maximum Gasteiger partial charge on any atom is 0.225 e. The highest BCUT2D eigenvalue weighted by Gasteiger charge is 2.40. The SMILES string of the molecule is CC(C)C(=O)N1CCC(NC2CC3CCC2C3)CC1. The molecule has 0 spiro atoms. The van der Waals surface area contributed by atoms with Gasteiger partial charge < -0.3 is 10.2 Å². The van der Waals surface area contributed by atoms with Gasteiger partial charge in [-0.1, -0.05) is 20.3 Å². The molecule has 1 aliphatic heterocycles. The van der Waals surface area contributed by atoms with E-state index < -0.39 is 0 Å². The van der Waals surface area contributed by atoms with Gasteiger partial charge in [0.05, 0.1) is 0 Å². The predicted octanol–water partition coefficient (Wildman–Crippen LogP) is 2.41. The lowest BCUT2D eigenvalue weighted by atomic mass is 9.93. The third-order valence-corrected chi connectivity index (χ3v) is 5.49. The van der Waals surface area contributed by atoms with Gasteiger partial charge in [-0.05, 0) is 43.9 Å². The van der Waals surface area contributed by atoms with Crippen molar-refractivity contribution in [3.63, 3.8) is 0 Å². The number of carbonyl (C=O) groups is 1. The molecule has 1 heterocycles. The molecular formula is C16H28N2O. The van der Waals surface area contributed by atoms with E-state index in [0.717, 1.165) is 43.8 Å². The Balaban J connectivity index is 1.44. The molecule has 3 rings (SSSR count). The summed E-state index contributed by atoms with van der Waals surface area (Å²) in [6, 6.07) is 1.44. The second-order valence-corrected chi connectivity index (χ2v) is 7.20. The summed E-state index contributed by atoms with van der Waals surface area (Å²) < 4.78 is 0. The van der Waals surface area contributed by atoms with Crippen molar-refractivity contribution in [2.24, 2.45) is 17.8 Å². The van der Waals surface area contributed by atoms with Crippen LogP contribution in [0.4, 0.5) is 0 Å². The summed E-state index contributed by atoms with van der Waals surface area (Å²) in [4.78, 5) is 14.0. The number of fused-ring (bicyclic) bond motifs is 2. The van der Waals surface area contributed by atoms with Gasteiger partial charge in [-0.3, -0.25) is 4.79 Å². The molecule has 1 saturated heterocycles. The fourth-order valence-electron chi connectivity index (χ4n) is 4.38. The first-order chi connectivity index (χ1) is 9.13. The third kappa shape index (κ3) is 2.81. The van der Waals surface area contributed by atoms with Crippen LogP contribution in [0.1, 0.15) is 52.4 Å². The zero-order valence-corrected chi connectivity index (χ0v) is 12.4. The molecule has 0 aromatic carbocycles. The maximum absolute atomic E-state index is 12.0. The number of rotatable bonds is 3. The molecule has 2 bridgehead atoms. The van der Waals surface area contributed by atoms with E-state index in [1.165, 1.54) is 25.7 Å². The van der Waals surface area contributed by atoms with Crippen LogP contribution in [0.25, 0.3) is 0 Å². The molecule has 19 heavy (non-hydrogen) atoms. The quantitative estimate of drug-likeness (QED) is 0.849. The Kier molecular flexibility index (Phi) is 3.84. The second kappa shape index (κ2) is 5.43. The minimum atomic E-state index is 0.148. The highest BCUT2D eigenvalue weighted by molar-refractivity contribution is 5.78. The Morgan fingerprint density at radius 1 is 1.11 bits per heavy atom. The summed E-state index contributed by atoms with van der Waals surface area (Å²) in [6.07, 6.45) is 8.11. The van der Waals surface area contributed by atoms with Crippen LogP contribution in [-0.4, -0.2) is 36.0 Å². The number of nitrogens with zero attached hydrogens (tertiary/aromatic N) is 1. The molecule has 0 aromatic heterocycles. The Bertz CT molecular complexity index is 334. The number of hydrogen-bond acceptors (Lipinski definition) is 2. The van der Waals surface area contributed by atoms with Gasteiger partial charge in [0.15, 0.2) is 0 Å². The van der Waals surface area contributed by atoms with Crippen molar-refractivity contribution in [2.75, 3.05) is 13.1 Å². The van der Waals surface area contributed by atoms with Crippen LogP contribution >= 0.6 is 0 Å². The van der Waals surface area contributed by atoms with E-state index in [4.69, 9.17) is 0 Å². The first-order valence-corrected chi connectivity index (χ1v) is 8.18. The van der Waals surface area contributed by atoms with Crippen LogP contribution in [0.2, 0.25) is 0 Å². The molecule has 3 aliphatic rings. The van der Waals surface area contributed by atoms with Crippen molar-refractivity contribution in [1.29, 1.82) is 0 Å². The van der Waals surface area contributed by atoms with Crippen molar-refractivity contribution in [1.82, 2.24) is 10.2 Å². The minimum Gasteiger partial charge on any atom is -0.342 e. The Morgan fingerprint density at radius 2 is 1.84 bits per heavy atom. The molecule has 3 fully saturated rings. The van der Waals surface area contributed by atoms with E-state index in [-0.39, 0.29) is 5.92 Å². The number of hydrogen-bond donors (Lipinski definition) is 1. The zero-order valence-electron chi connectivity index (χ0n) is 12.4. The van der Waals surface area contributed by atoms with E-state index in [9.17, 15) is 4.79 Å². The number of carbonyl (C=O) groups excluding carboxylic acids is 1. The van der Waals surface area contributed by atoms with Gasteiger partial charge in [0.2, 0.25) is 5.91 Å². The molecule has 2 aliphatic carbocycles. The van der Waals surface area contributed by atoms with Gasteiger partial charge in [-0.15, -0.1) is 0 Å². The summed E-state index contributed by atoms with van der Waals surface area (Å²) >= 11 is 0. The molecule has 2 saturated carbocycles. The first-order valence-electron chi connectivity index (χ1n) is 8.18. The molecule has 3 atom stereocenters. The second-order valence-electron chi connectivity index (χ2n) is 7.20. The molecule has 3 heteroatoms. The van der Waals surface area contributed by atoms with Crippen molar-refractivity contribution < 1.29 is 4.79 Å². The fraction of sp³-hybridized carbons (Fsp3) is 0.938. The van der Waals surface area contributed by atoms with Gasteiger partial charge in [-0.25, -0.2) is 0 Å². The lowest BCUT2D eigenvalue weighted by Gasteiger charge is -2.36. The predicted molar refractivity (Wildman–Crippen MR) is 76.8 cm³/mol. The van der Waals surface area contributed by atoms with E-state index in [2.05, 4.69) is 10.2 Å². The third-order valence-electron chi connectivity index (χ3n) is 5.49. The van der Waals surface area contributed by atoms with Gasteiger partial charge in [0.1, 0.15) is 0 Å². The Hall–Kier alpha value is -0.570. The van der Waals surface area contributed by atoms with E-state index in [1.54, 1.807) is 0 Å². The van der Waals surface area contributed by atoms with E-state index in [1.807, 2.05) is 13.8 Å². The number of piperidine rings is 1. The molecule has 0 aromatic rings. The average Bonchev–Trinajstić information content (AvgIpc) is 3.01. The summed E-state index contributed by atoms with van der Waals surface area (Å²) in [5.41, 5.74) is 0. The molecule has 1 amide bonds. The average molecular weight is 264 g/mol. The van der Waals surface area contributed by atoms with Gasteiger partial charge in [0.25, 0.3) is 0 Å². The molecule has 0 radical (unpaired) electrons. The summed E-state index contributed by atoms with van der Waals surface area (Å²) in [5, 5.41) is 3.90. The Morgan fingerprint density at radius 3 is 2.37 bits per heavy atom.